The second kappa shape index (κ2) is 9.34. The number of amides is 1. The molecular formula is C30H38N4O3. The Kier molecular flexibility index (Phi) is 6.12. The number of piperazine rings is 1. The summed E-state index contributed by atoms with van der Waals surface area (Å²) >= 11 is 0. The van der Waals surface area contributed by atoms with E-state index < -0.39 is 0 Å². The lowest BCUT2D eigenvalue weighted by atomic mass is 9.48. The smallest absolute Gasteiger partial charge is 0.292 e. The number of nitrogens with one attached hydrogen (secondary N) is 1. The van der Waals surface area contributed by atoms with Gasteiger partial charge in [-0.25, -0.2) is 0 Å². The molecular weight excluding hydrogens is 464 g/mol. The van der Waals surface area contributed by atoms with Crippen molar-refractivity contribution in [2.24, 2.45) is 23.2 Å². The van der Waals surface area contributed by atoms with Crippen molar-refractivity contribution in [2.75, 3.05) is 36.4 Å². The Morgan fingerprint density at radius 3 is 2.24 bits per heavy atom. The van der Waals surface area contributed by atoms with Crippen LogP contribution in [0.1, 0.15) is 61.4 Å². The van der Waals surface area contributed by atoms with Crippen molar-refractivity contribution in [1.82, 2.24) is 4.90 Å². The molecule has 5 aliphatic rings. The molecule has 1 heterocycles. The first-order valence-electron chi connectivity index (χ1n) is 14.0. The second-order valence-corrected chi connectivity index (χ2v) is 12.3. The molecule has 2 aromatic carbocycles. The van der Waals surface area contributed by atoms with Crippen LogP contribution in [0.5, 0.6) is 0 Å². The van der Waals surface area contributed by atoms with Gasteiger partial charge < -0.3 is 15.1 Å². The standard InChI is InChI=1S/C30H38N4O3/c1-20-4-3-5-25(12-20)29(35)33-10-8-32(9-11-33)26-6-7-28(34(36)37)27(16-26)31-21(2)30-17-22-13-23(18-30)15-24(14-22)19-30/h3-7,12,16,21-24,31H,8-11,13-15,17-19H2,1-2H3. The van der Waals surface area contributed by atoms with Gasteiger partial charge in [-0.15, -0.1) is 0 Å². The van der Waals surface area contributed by atoms with E-state index in [4.69, 9.17) is 0 Å². The highest BCUT2D eigenvalue weighted by atomic mass is 16.6. The molecule has 4 bridgehead atoms. The monoisotopic (exact) mass is 502 g/mol. The minimum Gasteiger partial charge on any atom is -0.376 e. The molecule has 7 nitrogen and oxygen atoms in total. The van der Waals surface area contributed by atoms with Gasteiger partial charge in [0.1, 0.15) is 5.69 Å². The summed E-state index contributed by atoms with van der Waals surface area (Å²) in [5.74, 6) is 2.60. The van der Waals surface area contributed by atoms with Crippen LogP contribution in [0.3, 0.4) is 0 Å². The van der Waals surface area contributed by atoms with Crippen molar-refractivity contribution >= 4 is 23.0 Å². The third-order valence-corrected chi connectivity index (χ3v) is 9.75. The zero-order valence-corrected chi connectivity index (χ0v) is 22.0. The number of benzene rings is 2. The summed E-state index contributed by atoms with van der Waals surface area (Å²) in [6.45, 7) is 6.93. The summed E-state index contributed by atoms with van der Waals surface area (Å²) < 4.78 is 0. The molecule has 1 atom stereocenters. The highest BCUT2D eigenvalue weighted by Gasteiger charge is 2.53. The molecule has 4 saturated carbocycles. The van der Waals surface area contributed by atoms with Gasteiger partial charge in [-0.2, -0.15) is 0 Å². The molecule has 1 amide bonds. The Morgan fingerprint density at radius 1 is 1.00 bits per heavy atom. The van der Waals surface area contributed by atoms with Crippen LogP contribution in [0.4, 0.5) is 17.1 Å². The molecule has 37 heavy (non-hydrogen) atoms. The second-order valence-electron chi connectivity index (χ2n) is 12.3. The predicted octanol–water partition coefficient (Wildman–Crippen LogP) is 5.88. The number of hydrogen-bond acceptors (Lipinski definition) is 5. The van der Waals surface area contributed by atoms with Gasteiger partial charge in [-0.05, 0) is 99.8 Å². The maximum Gasteiger partial charge on any atom is 0.292 e. The minimum absolute atomic E-state index is 0.0683. The topological polar surface area (TPSA) is 78.7 Å². The minimum atomic E-state index is -0.267. The molecule has 4 aliphatic carbocycles. The average Bonchev–Trinajstić information content (AvgIpc) is 2.87. The van der Waals surface area contributed by atoms with E-state index in [9.17, 15) is 14.9 Å². The number of nitrogens with zero attached hydrogens (tertiary/aromatic N) is 3. The Hall–Kier alpha value is -3.09. The maximum atomic E-state index is 13.0. The van der Waals surface area contributed by atoms with Gasteiger partial charge in [0.25, 0.3) is 11.6 Å². The first-order valence-corrected chi connectivity index (χ1v) is 14.0. The Bertz CT molecular complexity index is 1170. The molecule has 7 rings (SSSR count). The van der Waals surface area contributed by atoms with E-state index in [2.05, 4.69) is 17.1 Å². The zero-order valence-electron chi connectivity index (χ0n) is 22.0. The average molecular weight is 503 g/mol. The molecule has 1 unspecified atom stereocenters. The van der Waals surface area contributed by atoms with E-state index in [0.717, 1.165) is 34.6 Å². The molecule has 0 spiro atoms. The van der Waals surface area contributed by atoms with Gasteiger partial charge in [0, 0.05) is 49.5 Å². The molecule has 2 aromatic rings. The normalized spacial score (nSPS) is 29.3. The van der Waals surface area contributed by atoms with Crippen LogP contribution in [-0.2, 0) is 0 Å². The fourth-order valence-corrected chi connectivity index (χ4v) is 8.22. The fraction of sp³-hybridized carbons (Fsp3) is 0.567. The van der Waals surface area contributed by atoms with E-state index in [1.165, 1.54) is 38.5 Å². The largest absolute Gasteiger partial charge is 0.376 e. The number of nitro benzene ring substituents is 1. The van der Waals surface area contributed by atoms with Crippen LogP contribution in [0.2, 0.25) is 0 Å². The third-order valence-electron chi connectivity index (χ3n) is 9.75. The SMILES string of the molecule is Cc1cccc(C(=O)N2CCN(c3ccc([N+](=O)[O-])c(NC(C)C45CC6CC(CC(C6)C4)C5)c3)CC2)c1. The van der Waals surface area contributed by atoms with Crippen molar-refractivity contribution < 1.29 is 9.72 Å². The van der Waals surface area contributed by atoms with Gasteiger partial charge in [0.15, 0.2) is 0 Å². The number of carbonyl (C=O) groups is 1. The summed E-state index contributed by atoms with van der Waals surface area (Å²) in [6, 6.07) is 13.4. The van der Waals surface area contributed by atoms with Crippen LogP contribution >= 0.6 is 0 Å². The lowest BCUT2D eigenvalue weighted by molar-refractivity contribution is -0.384. The van der Waals surface area contributed by atoms with Crippen molar-refractivity contribution in [1.29, 1.82) is 0 Å². The van der Waals surface area contributed by atoms with E-state index in [1.54, 1.807) is 6.07 Å². The number of aryl methyl sites for hydroxylation is 1. The van der Waals surface area contributed by atoms with Crippen LogP contribution in [-0.4, -0.2) is 48.0 Å². The van der Waals surface area contributed by atoms with E-state index in [-0.39, 0.29) is 28.0 Å². The van der Waals surface area contributed by atoms with Crippen molar-refractivity contribution in [3.05, 3.63) is 63.7 Å². The van der Waals surface area contributed by atoms with Crippen LogP contribution in [0, 0.1) is 40.2 Å². The summed E-state index contributed by atoms with van der Waals surface area (Å²) in [4.78, 5) is 28.8. The number of anilines is 2. The van der Waals surface area contributed by atoms with Gasteiger partial charge in [-0.3, -0.25) is 14.9 Å². The molecule has 1 N–H and O–H groups in total. The van der Waals surface area contributed by atoms with Gasteiger partial charge in [-0.1, -0.05) is 17.7 Å². The summed E-state index contributed by atoms with van der Waals surface area (Å²) in [5.41, 5.74) is 3.83. The van der Waals surface area contributed by atoms with Gasteiger partial charge in [0.2, 0.25) is 0 Å². The van der Waals surface area contributed by atoms with Crippen molar-refractivity contribution in [3.63, 3.8) is 0 Å². The van der Waals surface area contributed by atoms with E-state index in [0.29, 0.717) is 31.9 Å². The summed E-state index contributed by atoms with van der Waals surface area (Å²) in [6.07, 6.45) is 7.95. The number of nitro groups is 1. The first kappa shape index (κ1) is 24.3. The highest BCUT2D eigenvalue weighted by molar-refractivity contribution is 5.94. The first-order chi connectivity index (χ1) is 17.8. The molecule has 1 aliphatic heterocycles. The third kappa shape index (κ3) is 4.57. The fourth-order valence-electron chi connectivity index (χ4n) is 8.22. The number of hydrogen-bond donors (Lipinski definition) is 1. The molecule has 1 saturated heterocycles. The summed E-state index contributed by atoms with van der Waals surface area (Å²) in [5, 5.41) is 15.6. The zero-order chi connectivity index (χ0) is 25.7. The van der Waals surface area contributed by atoms with Crippen LogP contribution in [0.15, 0.2) is 42.5 Å². The Balaban J connectivity index is 1.17. The molecule has 5 fully saturated rings. The van der Waals surface area contributed by atoms with E-state index >= 15 is 0 Å². The Labute approximate surface area is 219 Å². The predicted molar refractivity (Wildman–Crippen MR) is 146 cm³/mol. The highest BCUT2D eigenvalue weighted by Crippen LogP contribution is 2.61. The van der Waals surface area contributed by atoms with Crippen LogP contribution < -0.4 is 10.2 Å². The van der Waals surface area contributed by atoms with E-state index in [1.807, 2.05) is 48.2 Å². The lowest BCUT2D eigenvalue weighted by Crippen LogP contribution is -2.53. The lowest BCUT2D eigenvalue weighted by Gasteiger charge is -2.59. The van der Waals surface area contributed by atoms with Crippen molar-refractivity contribution in [3.8, 4) is 0 Å². The quantitative estimate of drug-likeness (QED) is 0.394. The number of rotatable bonds is 6. The molecule has 196 valence electrons. The maximum absolute atomic E-state index is 13.0. The summed E-state index contributed by atoms with van der Waals surface area (Å²) in [7, 11) is 0. The van der Waals surface area contributed by atoms with Gasteiger partial charge >= 0.3 is 0 Å². The molecule has 7 heteroatoms. The molecule has 0 radical (unpaired) electrons. The van der Waals surface area contributed by atoms with Crippen molar-refractivity contribution in [2.45, 2.75) is 58.4 Å². The van der Waals surface area contributed by atoms with Gasteiger partial charge in [0.05, 0.1) is 4.92 Å². The molecule has 0 aromatic heterocycles. The van der Waals surface area contributed by atoms with Crippen LogP contribution in [0.25, 0.3) is 0 Å². The number of carbonyl (C=O) groups excluding carboxylic acids is 1. The Morgan fingerprint density at radius 2 is 1.65 bits per heavy atom.